The van der Waals surface area contributed by atoms with Crippen molar-refractivity contribution in [2.24, 2.45) is 0 Å². The van der Waals surface area contributed by atoms with Gasteiger partial charge in [0.15, 0.2) is 0 Å². The molecule has 1 heterocycles. The average Bonchev–Trinajstić information content (AvgIpc) is 3.63. The lowest BCUT2D eigenvalue weighted by Crippen LogP contribution is -2.25. The predicted molar refractivity (Wildman–Crippen MR) is 167 cm³/mol. The van der Waals surface area contributed by atoms with Gasteiger partial charge in [0.1, 0.15) is 0 Å². The van der Waals surface area contributed by atoms with E-state index in [0.29, 0.717) is 0 Å². The van der Waals surface area contributed by atoms with Crippen molar-refractivity contribution < 1.29 is 0 Å². The highest BCUT2D eigenvalue weighted by Crippen LogP contribution is 2.64. The normalized spacial score (nSPS) is 14.2. The summed E-state index contributed by atoms with van der Waals surface area (Å²) in [5.41, 5.74) is 13.0. The Morgan fingerprint density at radius 2 is 1.02 bits per heavy atom. The molecule has 2 aliphatic rings. The summed E-state index contributed by atoms with van der Waals surface area (Å²) in [5.74, 6) is 0. The number of aromatic nitrogens is 1. The molecule has 184 valence electrons. The summed E-state index contributed by atoms with van der Waals surface area (Å²) in [6.45, 7) is 0. The molecule has 0 radical (unpaired) electrons. The van der Waals surface area contributed by atoms with Gasteiger partial charge < -0.3 is 4.98 Å². The Kier molecular flexibility index (Phi) is 3.68. The third-order valence-corrected chi connectivity index (χ3v) is 9.60. The highest BCUT2D eigenvalue weighted by atomic mass is 14.7. The molecule has 1 N–H and O–H groups in total. The van der Waals surface area contributed by atoms with Gasteiger partial charge in [-0.05, 0) is 72.8 Å². The minimum absolute atomic E-state index is 0.351. The Labute approximate surface area is 231 Å². The van der Waals surface area contributed by atoms with Crippen LogP contribution in [0.4, 0.5) is 0 Å². The molecule has 0 amide bonds. The van der Waals surface area contributed by atoms with Crippen LogP contribution in [-0.4, -0.2) is 4.98 Å². The maximum absolute atomic E-state index is 3.85. The van der Waals surface area contributed by atoms with Crippen molar-refractivity contribution in [2.45, 2.75) is 5.41 Å². The van der Waals surface area contributed by atoms with Crippen LogP contribution in [0.15, 0.2) is 133 Å². The zero-order valence-corrected chi connectivity index (χ0v) is 21.7. The molecule has 1 aromatic heterocycles. The molecule has 1 spiro atoms. The molecular weight excluding hydrogens is 482 g/mol. The van der Waals surface area contributed by atoms with Crippen molar-refractivity contribution in [3.63, 3.8) is 0 Å². The van der Waals surface area contributed by atoms with Gasteiger partial charge in [-0.3, -0.25) is 0 Å². The first-order valence-corrected chi connectivity index (χ1v) is 14.0. The van der Waals surface area contributed by atoms with Crippen LogP contribution >= 0.6 is 0 Å². The van der Waals surface area contributed by atoms with E-state index in [4.69, 9.17) is 0 Å². The summed E-state index contributed by atoms with van der Waals surface area (Å²) in [7, 11) is 0. The molecule has 7 aromatic carbocycles. The van der Waals surface area contributed by atoms with E-state index in [1.165, 1.54) is 87.9 Å². The predicted octanol–water partition coefficient (Wildman–Crippen LogP) is 9.97. The van der Waals surface area contributed by atoms with Crippen molar-refractivity contribution in [3.8, 4) is 22.3 Å². The molecule has 0 unspecified atom stereocenters. The van der Waals surface area contributed by atoms with Gasteiger partial charge in [0.05, 0.1) is 10.9 Å². The van der Waals surface area contributed by atoms with E-state index in [9.17, 15) is 0 Å². The highest BCUT2D eigenvalue weighted by molar-refractivity contribution is 6.19. The first-order valence-electron chi connectivity index (χ1n) is 14.0. The van der Waals surface area contributed by atoms with Gasteiger partial charge in [0, 0.05) is 21.7 Å². The van der Waals surface area contributed by atoms with Crippen LogP contribution in [0.2, 0.25) is 0 Å². The molecule has 10 rings (SSSR count). The zero-order chi connectivity index (χ0) is 26.0. The molecule has 0 atom stereocenters. The summed E-state index contributed by atoms with van der Waals surface area (Å²) in [6.07, 6.45) is 0. The van der Waals surface area contributed by atoms with Gasteiger partial charge in [-0.1, -0.05) is 121 Å². The monoisotopic (exact) mass is 505 g/mol. The zero-order valence-electron chi connectivity index (χ0n) is 21.7. The SMILES string of the molecule is c1ccc2c(c1)-c1ccccc1C21c2cc3c(cc2-c2c1ccc1ccccc21)[nH]c1c2ccccc2ccc31. The molecule has 0 saturated heterocycles. The quantitative estimate of drug-likeness (QED) is 0.211. The van der Waals surface area contributed by atoms with Crippen LogP contribution < -0.4 is 0 Å². The number of benzene rings is 7. The Hall–Kier alpha value is -5.14. The van der Waals surface area contributed by atoms with E-state index >= 15 is 0 Å². The van der Waals surface area contributed by atoms with E-state index < -0.39 is 0 Å². The van der Waals surface area contributed by atoms with Gasteiger partial charge >= 0.3 is 0 Å². The third kappa shape index (κ3) is 2.28. The Morgan fingerprint density at radius 3 is 1.80 bits per heavy atom. The fourth-order valence-electron chi connectivity index (χ4n) is 8.04. The van der Waals surface area contributed by atoms with Crippen LogP contribution in [0.25, 0.3) is 65.6 Å². The van der Waals surface area contributed by atoms with Crippen LogP contribution in [0.5, 0.6) is 0 Å². The second kappa shape index (κ2) is 7.08. The Morgan fingerprint density at radius 1 is 0.400 bits per heavy atom. The van der Waals surface area contributed by atoms with E-state index in [0.717, 1.165) is 0 Å². The van der Waals surface area contributed by atoms with Crippen LogP contribution in [-0.2, 0) is 5.41 Å². The summed E-state index contributed by atoms with van der Waals surface area (Å²) in [4.78, 5) is 3.85. The van der Waals surface area contributed by atoms with Crippen molar-refractivity contribution >= 4 is 43.4 Å². The first-order chi connectivity index (χ1) is 19.8. The smallest absolute Gasteiger partial charge is 0.0726 e. The van der Waals surface area contributed by atoms with Crippen molar-refractivity contribution in [1.82, 2.24) is 4.98 Å². The number of fused-ring (bicyclic) bond motifs is 17. The maximum atomic E-state index is 3.85. The summed E-state index contributed by atoms with van der Waals surface area (Å²) in [6, 6.07) is 49.9. The van der Waals surface area contributed by atoms with E-state index in [1.54, 1.807) is 0 Å². The lowest BCUT2D eigenvalue weighted by Gasteiger charge is -2.30. The van der Waals surface area contributed by atoms with Crippen LogP contribution in [0.3, 0.4) is 0 Å². The molecular formula is C39H23N. The lowest BCUT2D eigenvalue weighted by molar-refractivity contribution is 0.796. The number of aromatic amines is 1. The molecule has 0 saturated carbocycles. The van der Waals surface area contributed by atoms with E-state index in [2.05, 4.69) is 138 Å². The largest absolute Gasteiger partial charge is 0.354 e. The van der Waals surface area contributed by atoms with Crippen molar-refractivity contribution in [2.75, 3.05) is 0 Å². The summed E-state index contributed by atoms with van der Waals surface area (Å²) in [5, 5.41) is 7.71. The fourth-order valence-corrected chi connectivity index (χ4v) is 8.04. The van der Waals surface area contributed by atoms with Gasteiger partial charge in [-0.15, -0.1) is 0 Å². The van der Waals surface area contributed by atoms with Gasteiger partial charge in [0.2, 0.25) is 0 Å². The molecule has 40 heavy (non-hydrogen) atoms. The summed E-state index contributed by atoms with van der Waals surface area (Å²) >= 11 is 0. The second-order valence-corrected chi connectivity index (χ2v) is 11.3. The van der Waals surface area contributed by atoms with Crippen molar-refractivity contribution in [1.29, 1.82) is 0 Å². The number of H-pyrrole nitrogens is 1. The molecule has 8 aromatic rings. The second-order valence-electron chi connectivity index (χ2n) is 11.3. The number of rotatable bonds is 0. The average molecular weight is 506 g/mol. The number of hydrogen-bond donors (Lipinski definition) is 1. The highest BCUT2D eigenvalue weighted by Gasteiger charge is 2.52. The van der Waals surface area contributed by atoms with E-state index in [1.807, 2.05) is 0 Å². The molecule has 0 fully saturated rings. The van der Waals surface area contributed by atoms with Gasteiger partial charge in [-0.2, -0.15) is 0 Å². The number of nitrogens with one attached hydrogen (secondary N) is 1. The molecule has 0 aliphatic heterocycles. The molecule has 1 heteroatoms. The number of hydrogen-bond acceptors (Lipinski definition) is 0. The summed E-state index contributed by atoms with van der Waals surface area (Å²) < 4.78 is 0. The Balaban J connectivity index is 1.44. The van der Waals surface area contributed by atoms with Gasteiger partial charge in [-0.25, -0.2) is 0 Å². The molecule has 1 nitrogen and oxygen atoms in total. The maximum Gasteiger partial charge on any atom is 0.0726 e. The standard InChI is InChI=1S/C39H23N/c1-3-11-25-23(9-1)18-20-34-37(25)31-22-36-30(29-19-17-24-10-2-4-12-26(24)38(29)40-36)21-35(31)39(34)32-15-7-5-13-27(32)28-14-6-8-16-33(28)39/h1-22,40H. The van der Waals surface area contributed by atoms with E-state index in [-0.39, 0.29) is 5.41 Å². The molecule has 0 bridgehead atoms. The minimum Gasteiger partial charge on any atom is -0.354 e. The van der Waals surface area contributed by atoms with Gasteiger partial charge in [0.25, 0.3) is 0 Å². The molecule has 2 aliphatic carbocycles. The Bertz CT molecular complexity index is 2340. The first kappa shape index (κ1) is 20.8. The topological polar surface area (TPSA) is 15.8 Å². The van der Waals surface area contributed by atoms with Crippen LogP contribution in [0, 0.1) is 0 Å². The van der Waals surface area contributed by atoms with Crippen LogP contribution in [0.1, 0.15) is 22.3 Å². The minimum atomic E-state index is -0.351. The lowest BCUT2D eigenvalue weighted by atomic mass is 9.70. The fraction of sp³-hybridized carbons (Fsp3) is 0.0256. The third-order valence-electron chi connectivity index (χ3n) is 9.60. The van der Waals surface area contributed by atoms with Crippen molar-refractivity contribution in [3.05, 3.63) is 156 Å².